The molecule has 0 heterocycles. The number of ether oxygens (including phenoxy) is 1. The molecule has 1 atom stereocenters. The van der Waals surface area contributed by atoms with Crippen LogP contribution in [0.25, 0.3) is 0 Å². The number of carboxylic acids is 2. The van der Waals surface area contributed by atoms with E-state index in [4.69, 9.17) is 14.9 Å². The molecule has 0 aromatic rings. The minimum absolute atomic E-state index is 0.159. The lowest BCUT2D eigenvalue weighted by molar-refractivity contribution is -0.140. The number of amides is 2. The van der Waals surface area contributed by atoms with Gasteiger partial charge in [0.2, 0.25) is 0 Å². The van der Waals surface area contributed by atoms with Crippen molar-refractivity contribution in [3.05, 3.63) is 0 Å². The minimum atomic E-state index is -1.26. The van der Waals surface area contributed by atoms with Crippen LogP contribution in [-0.4, -0.2) is 53.5 Å². The average molecular weight is 288 g/mol. The molecule has 0 spiro atoms. The van der Waals surface area contributed by atoms with Crippen LogP contribution in [0.2, 0.25) is 0 Å². The monoisotopic (exact) mass is 288 g/mol. The molecule has 0 aliphatic heterocycles. The molecule has 0 aromatic carbocycles. The molecule has 1 fully saturated rings. The van der Waals surface area contributed by atoms with E-state index in [1.54, 1.807) is 7.11 Å². The van der Waals surface area contributed by atoms with Crippen LogP contribution in [0, 0.1) is 0 Å². The molecule has 8 heteroatoms. The van der Waals surface area contributed by atoms with Crippen molar-refractivity contribution in [2.75, 3.05) is 13.7 Å². The van der Waals surface area contributed by atoms with Gasteiger partial charge >= 0.3 is 18.0 Å². The zero-order valence-electron chi connectivity index (χ0n) is 11.3. The molecule has 114 valence electrons. The van der Waals surface area contributed by atoms with Gasteiger partial charge in [0.05, 0.1) is 5.60 Å². The summed E-state index contributed by atoms with van der Waals surface area (Å²) in [4.78, 5) is 32.9. The van der Waals surface area contributed by atoms with Crippen molar-refractivity contribution in [3.8, 4) is 0 Å². The van der Waals surface area contributed by atoms with Gasteiger partial charge in [0.1, 0.15) is 6.04 Å². The van der Waals surface area contributed by atoms with Crippen LogP contribution in [0.4, 0.5) is 4.79 Å². The van der Waals surface area contributed by atoms with Gasteiger partial charge in [-0.3, -0.25) is 4.79 Å². The third-order valence-electron chi connectivity index (χ3n) is 3.52. The number of nitrogens with one attached hydrogen (secondary N) is 2. The standard InChI is InChI=1S/C12H20N2O6/c1-20-12(5-2-6-12)7-13-11(19)14-8(10(17)18)3-4-9(15)16/h8H,2-7H2,1H3,(H,15,16)(H,17,18)(H2,13,14,19)/t8-/m0/s1. The molecule has 0 aromatic heterocycles. The summed E-state index contributed by atoms with van der Waals surface area (Å²) in [6.07, 6.45) is 2.26. The Morgan fingerprint density at radius 3 is 2.35 bits per heavy atom. The first-order valence-electron chi connectivity index (χ1n) is 6.43. The van der Waals surface area contributed by atoms with Gasteiger partial charge in [0.15, 0.2) is 0 Å². The zero-order valence-corrected chi connectivity index (χ0v) is 11.3. The Morgan fingerprint density at radius 2 is 1.95 bits per heavy atom. The van der Waals surface area contributed by atoms with Crippen LogP contribution in [0.1, 0.15) is 32.1 Å². The molecule has 2 amide bonds. The van der Waals surface area contributed by atoms with Gasteiger partial charge in [-0.2, -0.15) is 0 Å². The van der Waals surface area contributed by atoms with Gasteiger partial charge < -0.3 is 25.6 Å². The molecule has 1 aliphatic rings. The summed E-state index contributed by atoms with van der Waals surface area (Å²) in [6.45, 7) is 0.306. The molecule has 0 unspecified atom stereocenters. The molecule has 0 bridgehead atoms. The first-order valence-corrected chi connectivity index (χ1v) is 6.43. The van der Waals surface area contributed by atoms with E-state index >= 15 is 0 Å². The second-order valence-electron chi connectivity index (χ2n) is 4.89. The van der Waals surface area contributed by atoms with E-state index in [-0.39, 0.29) is 18.4 Å². The summed E-state index contributed by atoms with van der Waals surface area (Å²) in [5.41, 5.74) is -0.350. The van der Waals surface area contributed by atoms with E-state index in [1.807, 2.05) is 0 Å². The van der Waals surface area contributed by atoms with Crippen LogP contribution in [0.3, 0.4) is 0 Å². The summed E-state index contributed by atoms with van der Waals surface area (Å²) in [7, 11) is 1.58. The van der Waals surface area contributed by atoms with Crippen molar-refractivity contribution < 1.29 is 29.3 Å². The highest BCUT2D eigenvalue weighted by atomic mass is 16.5. The van der Waals surface area contributed by atoms with Crippen LogP contribution in [0.15, 0.2) is 0 Å². The fourth-order valence-corrected chi connectivity index (χ4v) is 2.00. The van der Waals surface area contributed by atoms with Crippen molar-refractivity contribution in [1.82, 2.24) is 10.6 Å². The fraction of sp³-hybridized carbons (Fsp3) is 0.750. The maximum Gasteiger partial charge on any atom is 0.326 e. The van der Waals surface area contributed by atoms with Crippen molar-refractivity contribution in [3.63, 3.8) is 0 Å². The van der Waals surface area contributed by atoms with Crippen LogP contribution in [0.5, 0.6) is 0 Å². The first kappa shape index (κ1) is 16.2. The van der Waals surface area contributed by atoms with Gasteiger partial charge in [-0.25, -0.2) is 9.59 Å². The predicted molar refractivity (Wildman–Crippen MR) is 68.4 cm³/mol. The number of hydrogen-bond acceptors (Lipinski definition) is 4. The number of aliphatic carboxylic acids is 2. The molecular weight excluding hydrogens is 268 g/mol. The highest BCUT2D eigenvalue weighted by molar-refractivity contribution is 5.83. The second kappa shape index (κ2) is 7.09. The number of carboxylic acid groups (broad SMARTS) is 2. The Hall–Kier alpha value is -1.83. The van der Waals surface area contributed by atoms with Crippen molar-refractivity contribution in [1.29, 1.82) is 0 Å². The molecule has 1 saturated carbocycles. The molecule has 4 N–H and O–H groups in total. The normalized spacial score (nSPS) is 17.6. The Labute approximate surface area is 116 Å². The summed E-state index contributed by atoms with van der Waals surface area (Å²) < 4.78 is 5.32. The lowest BCUT2D eigenvalue weighted by Crippen LogP contribution is -2.53. The highest BCUT2D eigenvalue weighted by Gasteiger charge is 2.37. The third-order valence-corrected chi connectivity index (χ3v) is 3.52. The van der Waals surface area contributed by atoms with Gasteiger partial charge in [0.25, 0.3) is 0 Å². The topological polar surface area (TPSA) is 125 Å². The third kappa shape index (κ3) is 4.69. The van der Waals surface area contributed by atoms with Crippen LogP contribution >= 0.6 is 0 Å². The smallest absolute Gasteiger partial charge is 0.326 e. The second-order valence-corrected chi connectivity index (χ2v) is 4.89. The summed E-state index contributed by atoms with van der Waals surface area (Å²) in [5.74, 6) is -2.36. The number of carbonyl (C=O) groups excluding carboxylic acids is 1. The quantitative estimate of drug-likeness (QED) is 0.504. The van der Waals surface area contributed by atoms with E-state index in [2.05, 4.69) is 10.6 Å². The van der Waals surface area contributed by atoms with E-state index in [1.165, 1.54) is 0 Å². The maximum absolute atomic E-state index is 11.6. The number of carbonyl (C=O) groups is 3. The fourth-order valence-electron chi connectivity index (χ4n) is 2.00. The average Bonchev–Trinajstić information content (AvgIpc) is 2.33. The highest BCUT2D eigenvalue weighted by Crippen LogP contribution is 2.34. The SMILES string of the molecule is COC1(CNC(=O)N[C@@H](CCC(=O)O)C(=O)O)CCC1. The molecule has 20 heavy (non-hydrogen) atoms. The molecule has 0 saturated heterocycles. The molecule has 1 aliphatic carbocycles. The van der Waals surface area contributed by atoms with Gasteiger partial charge in [-0.15, -0.1) is 0 Å². The minimum Gasteiger partial charge on any atom is -0.481 e. The first-order chi connectivity index (χ1) is 9.38. The molecule has 1 rings (SSSR count). The predicted octanol–water partition coefficient (Wildman–Crippen LogP) is 0.173. The maximum atomic E-state index is 11.6. The van der Waals surface area contributed by atoms with Gasteiger partial charge in [0, 0.05) is 20.1 Å². The van der Waals surface area contributed by atoms with Crippen molar-refractivity contribution in [2.45, 2.75) is 43.7 Å². The number of urea groups is 1. The van der Waals surface area contributed by atoms with Crippen LogP contribution < -0.4 is 10.6 Å². The van der Waals surface area contributed by atoms with E-state index in [9.17, 15) is 14.4 Å². The molecule has 8 nitrogen and oxygen atoms in total. The Kier molecular flexibility index (Phi) is 5.75. The summed E-state index contributed by atoms with van der Waals surface area (Å²) >= 11 is 0. The van der Waals surface area contributed by atoms with E-state index < -0.39 is 24.0 Å². The number of methoxy groups -OCH3 is 1. The van der Waals surface area contributed by atoms with E-state index in [0.29, 0.717) is 6.54 Å². The lowest BCUT2D eigenvalue weighted by atomic mass is 9.80. The Morgan fingerprint density at radius 1 is 1.30 bits per heavy atom. The van der Waals surface area contributed by atoms with Gasteiger partial charge in [-0.1, -0.05) is 0 Å². The van der Waals surface area contributed by atoms with Gasteiger partial charge in [-0.05, 0) is 25.7 Å². The molecule has 0 radical (unpaired) electrons. The Balaban J connectivity index is 2.37. The molecular formula is C12H20N2O6. The number of hydrogen-bond donors (Lipinski definition) is 4. The summed E-state index contributed by atoms with van der Waals surface area (Å²) in [5, 5.41) is 22.2. The summed E-state index contributed by atoms with van der Waals surface area (Å²) in [6, 6.07) is -1.85. The Bertz CT molecular complexity index is 375. The number of rotatable bonds is 8. The zero-order chi connectivity index (χ0) is 15.2. The van der Waals surface area contributed by atoms with Crippen molar-refractivity contribution in [2.24, 2.45) is 0 Å². The van der Waals surface area contributed by atoms with E-state index in [0.717, 1.165) is 19.3 Å². The van der Waals surface area contributed by atoms with Crippen LogP contribution in [-0.2, 0) is 14.3 Å². The largest absolute Gasteiger partial charge is 0.481 e. The lowest BCUT2D eigenvalue weighted by Gasteiger charge is -2.40. The van der Waals surface area contributed by atoms with Crippen molar-refractivity contribution >= 4 is 18.0 Å².